The van der Waals surface area contributed by atoms with Crippen LogP contribution < -0.4 is 5.32 Å². The van der Waals surface area contributed by atoms with Gasteiger partial charge in [-0.3, -0.25) is 4.79 Å². The van der Waals surface area contributed by atoms with Crippen LogP contribution >= 0.6 is 0 Å². The molecule has 1 heterocycles. The first kappa shape index (κ1) is 31.2. The molecule has 12 N–H and O–H groups in total. The summed E-state index contributed by atoms with van der Waals surface area (Å²) in [5.74, 6) is -5.17. The van der Waals surface area contributed by atoms with Gasteiger partial charge in [-0.1, -0.05) is 0 Å². The molecule has 10 atom stereocenters. The highest BCUT2D eigenvalue weighted by molar-refractivity contribution is 5.76. The van der Waals surface area contributed by atoms with Crippen LogP contribution in [0.25, 0.3) is 0 Å². The van der Waals surface area contributed by atoms with E-state index in [2.05, 4.69) is 5.32 Å². The maximum atomic E-state index is 11.1. The number of amides is 1. The Balaban J connectivity index is 0.000000728. The second kappa shape index (κ2) is 13.8. The molecule has 16 nitrogen and oxygen atoms in total. The van der Waals surface area contributed by atoms with Gasteiger partial charge in [-0.15, -0.1) is 0 Å². The third-order valence-corrected chi connectivity index (χ3v) is 4.63. The molecule has 0 spiro atoms. The molecular formula is C17H31NO15. The van der Waals surface area contributed by atoms with Crippen LogP contribution in [0.1, 0.15) is 13.3 Å². The standard InChI is InChI=1S/C11H19NO9.C6H12O6/c1-4(14)12-7-5(15)2-11(20,10(18)19)21-9(7)8(17)6(16)3-13;7-1-3(9)5(11)6(12)4(10)2-8/h5-9,13,15-17,20H,2-3H2,1H3,(H,12,14)(H,18,19);1,3-6,8-12H,2H2/t5-,6+,7+,8+,9+,11?;3-,4+,5+,6-/m00/s1. The molecule has 0 aromatic carbocycles. The zero-order chi connectivity index (χ0) is 26.1. The van der Waals surface area contributed by atoms with E-state index in [9.17, 15) is 34.8 Å². The molecule has 0 aromatic rings. The van der Waals surface area contributed by atoms with Crippen molar-refractivity contribution >= 4 is 18.2 Å². The van der Waals surface area contributed by atoms with Gasteiger partial charge in [0.1, 0.15) is 42.7 Å². The van der Waals surface area contributed by atoms with Crippen LogP contribution in [-0.2, 0) is 19.1 Å². The maximum Gasteiger partial charge on any atom is 0.364 e. The molecule has 0 bridgehead atoms. The first-order valence-corrected chi connectivity index (χ1v) is 9.50. The average molecular weight is 489 g/mol. The van der Waals surface area contributed by atoms with Crippen LogP contribution in [-0.4, -0.2) is 148 Å². The van der Waals surface area contributed by atoms with Gasteiger partial charge in [-0.25, -0.2) is 4.79 Å². The van der Waals surface area contributed by atoms with E-state index in [1.165, 1.54) is 0 Å². The van der Waals surface area contributed by atoms with Crippen LogP contribution in [0, 0.1) is 0 Å². The molecule has 194 valence electrons. The Labute approximate surface area is 186 Å². The number of carbonyl (C=O) groups is 3. The van der Waals surface area contributed by atoms with E-state index in [4.69, 9.17) is 40.5 Å². The van der Waals surface area contributed by atoms with Crippen molar-refractivity contribution in [2.24, 2.45) is 0 Å². The molecule has 1 saturated heterocycles. The summed E-state index contributed by atoms with van der Waals surface area (Å²) in [5, 5.41) is 102. The highest BCUT2D eigenvalue weighted by atomic mass is 16.7. The lowest BCUT2D eigenvalue weighted by molar-refractivity contribution is -0.295. The smallest absolute Gasteiger partial charge is 0.364 e. The van der Waals surface area contributed by atoms with Gasteiger partial charge in [0, 0.05) is 13.3 Å². The van der Waals surface area contributed by atoms with E-state index in [0.717, 1.165) is 6.92 Å². The molecule has 1 fully saturated rings. The molecule has 0 aliphatic carbocycles. The maximum absolute atomic E-state index is 11.1. The molecule has 1 amide bonds. The monoisotopic (exact) mass is 489 g/mol. The lowest BCUT2D eigenvalue weighted by atomic mass is 9.88. The summed E-state index contributed by atoms with van der Waals surface area (Å²) >= 11 is 0. The Morgan fingerprint density at radius 2 is 1.58 bits per heavy atom. The topological polar surface area (TPSA) is 295 Å². The van der Waals surface area contributed by atoms with Crippen molar-refractivity contribution in [2.75, 3.05) is 13.2 Å². The Bertz CT molecular complexity index is 636. The van der Waals surface area contributed by atoms with Crippen LogP contribution in [0.15, 0.2) is 0 Å². The molecule has 1 aliphatic heterocycles. The third-order valence-electron chi connectivity index (χ3n) is 4.63. The summed E-state index contributed by atoms with van der Waals surface area (Å²) in [7, 11) is 0. The number of ether oxygens (including phenoxy) is 1. The normalized spacial score (nSPS) is 30.5. The van der Waals surface area contributed by atoms with Crippen LogP contribution in [0.5, 0.6) is 0 Å². The fourth-order valence-corrected chi connectivity index (χ4v) is 2.75. The zero-order valence-electron chi connectivity index (χ0n) is 17.4. The molecule has 1 aliphatic rings. The predicted octanol–water partition coefficient (Wildman–Crippen LogP) is -7.25. The van der Waals surface area contributed by atoms with Crippen LogP contribution in [0.3, 0.4) is 0 Å². The molecule has 1 rings (SSSR count). The van der Waals surface area contributed by atoms with E-state index in [0.29, 0.717) is 0 Å². The predicted molar refractivity (Wildman–Crippen MR) is 102 cm³/mol. The van der Waals surface area contributed by atoms with E-state index in [1.807, 2.05) is 0 Å². The number of aldehydes is 1. The second-order valence-corrected chi connectivity index (χ2v) is 7.27. The Kier molecular flexibility index (Phi) is 13.0. The van der Waals surface area contributed by atoms with E-state index >= 15 is 0 Å². The number of aliphatic hydroxyl groups excluding tert-OH is 9. The number of carboxylic acid groups (broad SMARTS) is 1. The number of nitrogens with one attached hydrogen (secondary N) is 1. The summed E-state index contributed by atoms with van der Waals surface area (Å²) in [5.41, 5.74) is 0. The van der Waals surface area contributed by atoms with Crippen molar-refractivity contribution in [2.45, 2.75) is 74.0 Å². The second-order valence-electron chi connectivity index (χ2n) is 7.27. The van der Waals surface area contributed by atoms with Gasteiger partial charge in [-0.2, -0.15) is 0 Å². The minimum Gasteiger partial charge on any atom is -0.477 e. The fraction of sp³-hybridized carbons (Fsp3) is 0.824. The molecule has 0 saturated carbocycles. The van der Waals surface area contributed by atoms with Gasteiger partial charge in [-0.05, 0) is 0 Å². The summed E-state index contributed by atoms with van der Waals surface area (Å²) in [4.78, 5) is 32.0. The Morgan fingerprint density at radius 1 is 1.06 bits per heavy atom. The highest BCUT2D eigenvalue weighted by Crippen LogP contribution is 2.30. The number of carboxylic acids is 1. The van der Waals surface area contributed by atoms with E-state index < -0.39 is 92.2 Å². The molecule has 0 radical (unpaired) electrons. The summed E-state index contributed by atoms with van der Waals surface area (Å²) < 4.78 is 4.86. The first-order chi connectivity index (χ1) is 15.2. The van der Waals surface area contributed by atoms with E-state index in [1.54, 1.807) is 0 Å². The minimum absolute atomic E-state index is 0.0258. The number of hydrogen-bond acceptors (Lipinski definition) is 14. The molecule has 0 aromatic heterocycles. The first-order valence-electron chi connectivity index (χ1n) is 9.50. The van der Waals surface area contributed by atoms with Crippen molar-refractivity contribution in [3.63, 3.8) is 0 Å². The lowest BCUT2D eigenvalue weighted by Gasteiger charge is -2.44. The van der Waals surface area contributed by atoms with Gasteiger partial charge in [0.25, 0.3) is 5.79 Å². The largest absolute Gasteiger partial charge is 0.477 e. The summed E-state index contributed by atoms with van der Waals surface area (Å²) in [6.45, 7) is -0.504. The van der Waals surface area contributed by atoms with Gasteiger partial charge >= 0.3 is 5.97 Å². The molecule has 1 unspecified atom stereocenters. The Hall–Kier alpha value is -1.83. The van der Waals surface area contributed by atoms with Crippen molar-refractivity contribution in [3.8, 4) is 0 Å². The minimum atomic E-state index is -2.78. The van der Waals surface area contributed by atoms with Crippen LogP contribution in [0.4, 0.5) is 0 Å². The van der Waals surface area contributed by atoms with Gasteiger partial charge in [0.05, 0.1) is 25.4 Å². The molecule has 16 heteroatoms. The van der Waals surface area contributed by atoms with Gasteiger partial charge in [0.2, 0.25) is 5.91 Å². The number of carbonyl (C=O) groups excluding carboxylic acids is 2. The van der Waals surface area contributed by atoms with Crippen molar-refractivity contribution in [1.29, 1.82) is 0 Å². The molecular weight excluding hydrogens is 458 g/mol. The van der Waals surface area contributed by atoms with Crippen molar-refractivity contribution in [3.05, 3.63) is 0 Å². The SMILES string of the molecule is CC(=O)N[C@H]1[C@H]([C@H](O)[C@H](O)CO)OC(O)(C(=O)O)C[C@@H]1O.O=C[C@H](O)[C@@H](O)[C@@H](O)[C@H](O)CO. The van der Waals surface area contributed by atoms with Crippen LogP contribution in [0.2, 0.25) is 0 Å². The average Bonchev–Trinajstić information content (AvgIpc) is 2.77. The Morgan fingerprint density at radius 3 is 1.97 bits per heavy atom. The number of rotatable bonds is 10. The quantitative estimate of drug-likeness (QED) is 0.127. The van der Waals surface area contributed by atoms with Gasteiger partial charge < -0.3 is 71.0 Å². The fourth-order valence-electron chi connectivity index (χ4n) is 2.75. The summed E-state index contributed by atoms with van der Waals surface area (Å²) in [6, 6.07) is -1.27. The number of aliphatic carboxylic acids is 1. The number of aliphatic hydroxyl groups is 10. The zero-order valence-corrected chi connectivity index (χ0v) is 17.4. The summed E-state index contributed by atoms with van der Waals surface area (Å²) in [6.07, 6.45) is -14.3. The molecule has 33 heavy (non-hydrogen) atoms. The number of hydrogen-bond donors (Lipinski definition) is 12. The highest BCUT2D eigenvalue weighted by Gasteiger charge is 2.53. The van der Waals surface area contributed by atoms with E-state index in [-0.39, 0.29) is 6.29 Å². The third kappa shape index (κ3) is 8.80. The van der Waals surface area contributed by atoms with Gasteiger partial charge in [0.15, 0.2) is 6.29 Å². The van der Waals surface area contributed by atoms with Crippen molar-refractivity contribution in [1.82, 2.24) is 5.32 Å². The van der Waals surface area contributed by atoms with Crippen molar-refractivity contribution < 1.29 is 75.3 Å². The lowest BCUT2D eigenvalue weighted by Crippen LogP contribution is -2.67.